The van der Waals surface area contributed by atoms with Gasteiger partial charge in [-0.25, -0.2) is 4.79 Å². The average Bonchev–Trinajstić information content (AvgIpc) is 2.74. The summed E-state index contributed by atoms with van der Waals surface area (Å²) in [6, 6.07) is 10.9. The van der Waals surface area contributed by atoms with Crippen LogP contribution in [-0.4, -0.2) is 70.3 Å². The predicted molar refractivity (Wildman–Crippen MR) is 115 cm³/mol. The molecule has 0 radical (unpaired) electrons. The van der Waals surface area contributed by atoms with Gasteiger partial charge >= 0.3 is 5.97 Å². The molecule has 158 valence electrons. The van der Waals surface area contributed by atoms with E-state index >= 15 is 0 Å². The van der Waals surface area contributed by atoms with Crippen LogP contribution in [0.25, 0.3) is 6.08 Å². The minimum atomic E-state index is -0.922. The highest BCUT2D eigenvalue weighted by molar-refractivity contribution is 5.85. The second-order valence-electron chi connectivity index (χ2n) is 9.14. The molecule has 4 fully saturated rings. The Kier molecular flexibility index (Phi) is 6.68. The summed E-state index contributed by atoms with van der Waals surface area (Å²) in [5.74, 6) is 0.845. The number of rotatable bonds is 2. The lowest BCUT2D eigenvalue weighted by Crippen LogP contribution is -2.64. The molecule has 2 bridgehead atoms. The average molecular weight is 399 g/mol. The number of piperidine rings is 4. The molecule has 2 N–H and O–H groups in total. The Labute approximate surface area is 174 Å². The summed E-state index contributed by atoms with van der Waals surface area (Å²) in [6.07, 6.45) is 10.4. The summed E-state index contributed by atoms with van der Waals surface area (Å²) in [4.78, 5) is 15.6. The summed E-state index contributed by atoms with van der Waals surface area (Å²) >= 11 is 0. The van der Waals surface area contributed by atoms with Crippen LogP contribution < -0.4 is 0 Å². The Morgan fingerprint density at radius 3 is 2.41 bits per heavy atom. The van der Waals surface area contributed by atoms with Crippen molar-refractivity contribution in [3.63, 3.8) is 0 Å². The smallest absolute Gasteiger partial charge is 0.328 e. The molecule has 0 amide bonds. The zero-order valence-electron chi connectivity index (χ0n) is 17.2. The lowest BCUT2D eigenvalue weighted by molar-refractivity contribution is -0.131. The van der Waals surface area contributed by atoms with E-state index in [2.05, 4.69) is 9.80 Å². The van der Waals surface area contributed by atoms with Crippen molar-refractivity contribution in [2.24, 2.45) is 11.8 Å². The molecule has 5 heteroatoms. The van der Waals surface area contributed by atoms with Gasteiger partial charge in [-0.05, 0) is 62.1 Å². The van der Waals surface area contributed by atoms with Crippen LogP contribution in [0.15, 0.2) is 36.4 Å². The number of fused-ring (bicyclic) bond motifs is 6. The molecule has 4 aliphatic rings. The number of hydrogen-bond donors (Lipinski definition) is 2. The van der Waals surface area contributed by atoms with Crippen molar-refractivity contribution in [2.45, 2.75) is 56.7 Å². The highest BCUT2D eigenvalue weighted by Crippen LogP contribution is 2.42. The Hall–Kier alpha value is -1.69. The number of carboxylic acid groups (broad SMARTS) is 1. The van der Waals surface area contributed by atoms with Crippen LogP contribution in [0.5, 0.6) is 0 Å². The molecule has 29 heavy (non-hydrogen) atoms. The number of aliphatic hydroxyl groups excluding tert-OH is 1. The van der Waals surface area contributed by atoms with Gasteiger partial charge in [0.1, 0.15) is 0 Å². The first kappa shape index (κ1) is 20.6. The minimum absolute atomic E-state index is 0.0260. The minimum Gasteiger partial charge on any atom is -0.478 e. The summed E-state index contributed by atoms with van der Waals surface area (Å²) in [5, 5.41) is 18.2. The number of benzene rings is 1. The van der Waals surface area contributed by atoms with E-state index in [1.54, 1.807) is 6.08 Å². The number of aliphatic carboxylic acids is 1. The van der Waals surface area contributed by atoms with Gasteiger partial charge in [0.25, 0.3) is 0 Å². The molecular weight excluding hydrogens is 364 g/mol. The summed E-state index contributed by atoms with van der Waals surface area (Å²) in [5.41, 5.74) is 0.898. The number of aliphatic hydroxyl groups is 1. The topological polar surface area (TPSA) is 64.0 Å². The van der Waals surface area contributed by atoms with Crippen LogP contribution >= 0.6 is 0 Å². The van der Waals surface area contributed by atoms with Crippen molar-refractivity contribution >= 4 is 12.0 Å². The van der Waals surface area contributed by atoms with Crippen molar-refractivity contribution < 1.29 is 15.0 Å². The summed E-state index contributed by atoms with van der Waals surface area (Å²) in [6.45, 7) is 5.11. The van der Waals surface area contributed by atoms with Crippen LogP contribution in [0.1, 0.15) is 44.1 Å². The van der Waals surface area contributed by atoms with Gasteiger partial charge in [-0.3, -0.25) is 9.80 Å². The molecule has 5 rings (SSSR count). The molecule has 1 unspecified atom stereocenters. The zero-order chi connectivity index (χ0) is 20.2. The number of carbonyl (C=O) groups is 1. The fraction of sp³-hybridized carbons (Fsp3) is 0.625. The zero-order valence-corrected chi connectivity index (χ0v) is 17.2. The molecule has 4 saturated heterocycles. The molecule has 5 atom stereocenters. The monoisotopic (exact) mass is 398 g/mol. The maximum Gasteiger partial charge on any atom is 0.328 e. The highest BCUT2D eigenvalue weighted by Gasteiger charge is 2.47. The number of carboxylic acids is 1. The van der Waals surface area contributed by atoms with Gasteiger partial charge < -0.3 is 10.2 Å². The van der Waals surface area contributed by atoms with Gasteiger partial charge in [0.05, 0.1) is 6.10 Å². The van der Waals surface area contributed by atoms with E-state index in [1.807, 2.05) is 30.3 Å². The maximum absolute atomic E-state index is 10.1. The third-order valence-corrected chi connectivity index (χ3v) is 7.25. The molecule has 0 aliphatic carbocycles. The lowest BCUT2D eigenvalue weighted by Gasteiger charge is -2.57. The van der Waals surface area contributed by atoms with Crippen molar-refractivity contribution in [2.75, 3.05) is 26.2 Å². The van der Waals surface area contributed by atoms with Crippen LogP contribution in [0, 0.1) is 11.8 Å². The van der Waals surface area contributed by atoms with Gasteiger partial charge in [0.15, 0.2) is 0 Å². The fourth-order valence-electron chi connectivity index (χ4n) is 5.95. The maximum atomic E-state index is 10.1. The van der Waals surface area contributed by atoms with E-state index in [-0.39, 0.29) is 6.10 Å². The predicted octanol–water partition coefficient (Wildman–Crippen LogP) is 3.10. The Morgan fingerprint density at radius 1 is 0.931 bits per heavy atom. The largest absolute Gasteiger partial charge is 0.478 e. The Bertz CT molecular complexity index is 707. The SMILES string of the molecule is O=C(O)C=Cc1ccccc1.OC1CCN2C[C@H]3C[C@@H](CN4CCCC[C@@H]34)[C@H]2C1. The van der Waals surface area contributed by atoms with E-state index in [1.165, 1.54) is 45.3 Å². The quantitative estimate of drug-likeness (QED) is 0.750. The summed E-state index contributed by atoms with van der Waals surface area (Å²) < 4.78 is 0. The van der Waals surface area contributed by atoms with E-state index < -0.39 is 5.97 Å². The highest BCUT2D eigenvalue weighted by atomic mass is 16.4. The van der Waals surface area contributed by atoms with Gasteiger partial charge in [-0.15, -0.1) is 0 Å². The van der Waals surface area contributed by atoms with Crippen molar-refractivity contribution in [1.29, 1.82) is 0 Å². The third-order valence-electron chi connectivity index (χ3n) is 7.25. The lowest BCUT2D eigenvalue weighted by atomic mass is 9.70. The van der Waals surface area contributed by atoms with E-state index in [0.717, 1.165) is 48.9 Å². The second-order valence-corrected chi connectivity index (χ2v) is 9.14. The van der Waals surface area contributed by atoms with Crippen LogP contribution in [0.4, 0.5) is 0 Å². The van der Waals surface area contributed by atoms with Gasteiger partial charge in [0.2, 0.25) is 0 Å². The first-order chi connectivity index (χ1) is 14.1. The number of nitrogens with zero attached hydrogens (tertiary/aromatic N) is 2. The molecule has 1 aromatic carbocycles. The first-order valence-corrected chi connectivity index (χ1v) is 11.2. The van der Waals surface area contributed by atoms with Crippen LogP contribution in [0.3, 0.4) is 0 Å². The molecular formula is C24H34N2O3. The molecule has 0 aromatic heterocycles. The van der Waals surface area contributed by atoms with E-state index in [9.17, 15) is 9.90 Å². The third kappa shape index (κ3) is 5.08. The van der Waals surface area contributed by atoms with Crippen LogP contribution in [-0.2, 0) is 4.79 Å². The normalized spacial score (nSPS) is 34.6. The van der Waals surface area contributed by atoms with Crippen molar-refractivity contribution in [1.82, 2.24) is 9.80 Å². The molecule has 1 aromatic rings. The Balaban J connectivity index is 0.000000161. The van der Waals surface area contributed by atoms with Gasteiger partial charge in [-0.1, -0.05) is 36.8 Å². The first-order valence-electron chi connectivity index (χ1n) is 11.2. The standard InChI is InChI=1S/C15H26N2O.C9H8O2/c18-13-4-6-17-9-11-7-12(15(17)8-13)10-16-5-2-1-3-14(11)16;10-9(11)7-6-8-4-2-1-3-5-8/h11-15,18H,1-10H2;1-7H,(H,10,11)/t11-,12+,13?,14+,15-;/m1./s1. The molecule has 4 heterocycles. The fourth-order valence-corrected chi connectivity index (χ4v) is 5.95. The molecule has 5 nitrogen and oxygen atoms in total. The molecule has 0 spiro atoms. The van der Waals surface area contributed by atoms with Crippen LogP contribution in [0.2, 0.25) is 0 Å². The van der Waals surface area contributed by atoms with Gasteiger partial charge in [-0.2, -0.15) is 0 Å². The van der Waals surface area contributed by atoms with E-state index in [0.29, 0.717) is 6.04 Å². The van der Waals surface area contributed by atoms with Crippen molar-refractivity contribution in [3.8, 4) is 0 Å². The molecule has 4 aliphatic heterocycles. The Morgan fingerprint density at radius 2 is 1.66 bits per heavy atom. The molecule has 0 saturated carbocycles. The summed E-state index contributed by atoms with van der Waals surface area (Å²) in [7, 11) is 0. The second kappa shape index (κ2) is 9.41. The van der Waals surface area contributed by atoms with Crippen molar-refractivity contribution in [3.05, 3.63) is 42.0 Å². The van der Waals surface area contributed by atoms with Gasteiger partial charge in [0, 0.05) is 37.8 Å². The number of hydrogen-bond acceptors (Lipinski definition) is 4. The van der Waals surface area contributed by atoms with E-state index in [4.69, 9.17) is 5.11 Å².